The van der Waals surface area contributed by atoms with E-state index in [2.05, 4.69) is 0 Å². The van der Waals surface area contributed by atoms with Gasteiger partial charge in [0, 0.05) is 21.7 Å². The number of anilines is 1. The highest BCUT2D eigenvalue weighted by atomic mass is 35.5. The molecular weight excluding hydrogens is 448 g/mol. The maximum Gasteiger partial charge on any atom is 0.300 e. The Bertz CT molecular complexity index is 1230. The van der Waals surface area contributed by atoms with Crippen LogP contribution in [-0.4, -0.2) is 23.9 Å². The number of halogens is 3. The van der Waals surface area contributed by atoms with Gasteiger partial charge in [-0.3, -0.25) is 14.5 Å². The Labute approximate surface area is 184 Å². The van der Waals surface area contributed by atoms with Gasteiger partial charge in [0.05, 0.1) is 18.2 Å². The van der Waals surface area contributed by atoms with Crippen LogP contribution >= 0.6 is 22.9 Å². The largest absolute Gasteiger partial charge is 0.507 e. The Morgan fingerprint density at radius 2 is 1.90 bits per heavy atom. The molecular formula is C22H14ClF2NO4S. The van der Waals surface area contributed by atoms with Gasteiger partial charge in [-0.2, -0.15) is 0 Å². The van der Waals surface area contributed by atoms with Crippen LogP contribution in [-0.2, 0) is 9.59 Å². The summed E-state index contributed by atoms with van der Waals surface area (Å²) < 4.78 is 32.6. The van der Waals surface area contributed by atoms with E-state index in [1.807, 2.05) is 0 Å². The number of nitrogens with zero attached hydrogens (tertiary/aromatic N) is 1. The van der Waals surface area contributed by atoms with E-state index >= 15 is 0 Å². The minimum atomic E-state index is -1.17. The van der Waals surface area contributed by atoms with E-state index in [1.54, 1.807) is 23.6 Å². The quantitative estimate of drug-likeness (QED) is 0.324. The van der Waals surface area contributed by atoms with E-state index in [1.165, 1.54) is 36.6 Å². The number of thiophene rings is 1. The molecule has 31 heavy (non-hydrogen) atoms. The number of aliphatic hydroxyl groups excluding tert-OH is 1. The number of benzene rings is 2. The molecule has 1 aliphatic rings. The number of rotatable bonds is 4. The summed E-state index contributed by atoms with van der Waals surface area (Å²) in [7, 11) is 1.39. The van der Waals surface area contributed by atoms with Gasteiger partial charge in [-0.05, 0) is 41.8 Å². The van der Waals surface area contributed by atoms with Gasteiger partial charge in [-0.1, -0.05) is 17.7 Å². The molecule has 1 N–H and O–H groups in total. The first-order chi connectivity index (χ1) is 14.8. The summed E-state index contributed by atoms with van der Waals surface area (Å²) in [5.41, 5.74) is -0.103. The highest BCUT2D eigenvalue weighted by molar-refractivity contribution is 7.10. The highest BCUT2D eigenvalue weighted by Gasteiger charge is 2.47. The highest BCUT2D eigenvalue weighted by Crippen LogP contribution is 2.44. The van der Waals surface area contributed by atoms with Crippen LogP contribution in [0.3, 0.4) is 0 Å². The number of ether oxygens (including phenoxy) is 1. The third-order valence-corrected chi connectivity index (χ3v) is 6.01. The maximum atomic E-state index is 13.9. The van der Waals surface area contributed by atoms with Crippen LogP contribution in [0.4, 0.5) is 14.5 Å². The molecule has 1 saturated heterocycles. The first-order valence-corrected chi connectivity index (χ1v) is 10.2. The van der Waals surface area contributed by atoms with Crippen molar-refractivity contribution in [1.82, 2.24) is 0 Å². The molecule has 1 atom stereocenters. The van der Waals surface area contributed by atoms with Crippen molar-refractivity contribution < 1.29 is 28.2 Å². The number of methoxy groups -OCH3 is 1. The average molecular weight is 462 g/mol. The summed E-state index contributed by atoms with van der Waals surface area (Å²) in [6, 6.07) is 9.72. The molecule has 0 spiro atoms. The number of Topliss-reactive ketones (excluding diaryl/α,β-unsaturated/α-hetero) is 1. The molecule has 5 nitrogen and oxygen atoms in total. The minimum absolute atomic E-state index is 0.0171. The van der Waals surface area contributed by atoms with Crippen LogP contribution in [0, 0.1) is 11.6 Å². The third kappa shape index (κ3) is 3.58. The predicted octanol–water partition coefficient (Wildman–Crippen LogP) is 5.31. The van der Waals surface area contributed by atoms with E-state index in [-0.39, 0.29) is 27.6 Å². The molecule has 1 unspecified atom stereocenters. The number of carbonyl (C=O) groups excluding carboxylic acids is 2. The van der Waals surface area contributed by atoms with Crippen molar-refractivity contribution in [3.8, 4) is 5.75 Å². The number of hydrogen-bond donors (Lipinski definition) is 1. The first-order valence-electron chi connectivity index (χ1n) is 8.97. The summed E-state index contributed by atoms with van der Waals surface area (Å²) in [5.74, 6) is -4.45. The summed E-state index contributed by atoms with van der Waals surface area (Å²) in [5, 5.41) is 13.1. The molecule has 0 radical (unpaired) electrons. The fraction of sp³-hybridized carbons (Fsp3) is 0.0909. The van der Waals surface area contributed by atoms with Crippen molar-refractivity contribution in [3.63, 3.8) is 0 Å². The molecule has 4 rings (SSSR count). The molecule has 9 heteroatoms. The van der Waals surface area contributed by atoms with Gasteiger partial charge < -0.3 is 9.84 Å². The van der Waals surface area contributed by atoms with Gasteiger partial charge >= 0.3 is 0 Å². The van der Waals surface area contributed by atoms with Gasteiger partial charge in [0.1, 0.15) is 17.6 Å². The lowest BCUT2D eigenvalue weighted by Gasteiger charge is -2.24. The van der Waals surface area contributed by atoms with Gasteiger partial charge in [-0.15, -0.1) is 11.3 Å². The summed E-state index contributed by atoms with van der Waals surface area (Å²) in [4.78, 5) is 27.5. The van der Waals surface area contributed by atoms with Crippen molar-refractivity contribution in [2.45, 2.75) is 6.04 Å². The smallest absolute Gasteiger partial charge is 0.300 e. The van der Waals surface area contributed by atoms with E-state index in [0.717, 1.165) is 17.0 Å². The molecule has 1 aromatic heterocycles. The molecule has 3 aromatic rings. The zero-order chi connectivity index (χ0) is 22.3. The first kappa shape index (κ1) is 21.0. The molecule has 158 valence electrons. The molecule has 1 amide bonds. The summed E-state index contributed by atoms with van der Waals surface area (Å²) in [6.45, 7) is 0. The lowest BCUT2D eigenvalue weighted by molar-refractivity contribution is -0.132. The maximum absolute atomic E-state index is 13.9. The Balaban J connectivity index is 1.97. The Kier molecular flexibility index (Phi) is 5.51. The van der Waals surface area contributed by atoms with Crippen molar-refractivity contribution >= 4 is 46.1 Å². The predicted molar refractivity (Wildman–Crippen MR) is 113 cm³/mol. The SMILES string of the molecule is COc1ccc(Cl)cc1/C(O)=C1/C(=O)C(=O)N(c2ccc(F)c(F)c2)C1c1cccs1. The Hall–Kier alpha value is -3.23. The van der Waals surface area contributed by atoms with Gasteiger partial charge in [-0.25, -0.2) is 8.78 Å². The second-order valence-electron chi connectivity index (χ2n) is 6.63. The topological polar surface area (TPSA) is 66.8 Å². The van der Waals surface area contributed by atoms with Gasteiger partial charge in [0.15, 0.2) is 11.6 Å². The molecule has 1 aliphatic heterocycles. The monoisotopic (exact) mass is 461 g/mol. The van der Waals surface area contributed by atoms with E-state index in [4.69, 9.17) is 16.3 Å². The van der Waals surface area contributed by atoms with Gasteiger partial charge in [0.2, 0.25) is 0 Å². The van der Waals surface area contributed by atoms with E-state index in [9.17, 15) is 23.5 Å². The van der Waals surface area contributed by atoms with Crippen LogP contribution in [0.15, 0.2) is 59.5 Å². The Morgan fingerprint density at radius 1 is 1.13 bits per heavy atom. The molecule has 2 aromatic carbocycles. The van der Waals surface area contributed by atoms with Crippen molar-refractivity contribution in [2.24, 2.45) is 0 Å². The molecule has 0 bridgehead atoms. The van der Waals surface area contributed by atoms with Crippen LogP contribution in [0.1, 0.15) is 16.5 Å². The van der Waals surface area contributed by atoms with E-state index in [0.29, 0.717) is 4.88 Å². The number of carbonyl (C=O) groups is 2. The average Bonchev–Trinajstić information content (AvgIpc) is 3.37. The van der Waals surface area contributed by atoms with Crippen LogP contribution in [0.25, 0.3) is 5.76 Å². The van der Waals surface area contributed by atoms with Crippen LogP contribution < -0.4 is 9.64 Å². The number of ketones is 1. The molecule has 0 saturated carbocycles. The zero-order valence-corrected chi connectivity index (χ0v) is 17.5. The van der Waals surface area contributed by atoms with Gasteiger partial charge in [0.25, 0.3) is 11.7 Å². The second-order valence-corrected chi connectivity index (χ2v) is 8.04. The summed E-state index contributed by atoms with van der Waals surface area (Å²) >= 11 is 7.30. The van der Waals surface area contributed by atoms with E-state index < -0.39 is 35.1 Å². The lowest BCUT2D eigenvalue weighted by atomic mass is 9.99. The minimum Gasteiger partial charge on any atom is -0.507 e. The molecule has 2 heterocycles. The zero-order valence-electron chi connectivity index (χ0n) is 15.9. The summed E-state index contributed by atoms with van der Waals surface area (Å²) in [6.07, 6.45) is 0. The normalized spacial score (nSPS) is 17.9. The molecule has 0 aliphatic carbocycles. The van der Waals surface area contributed by atoms with Crippen molar-refractivity contribution in [2.75, 3.05) is 12.0 Å². The van der Waals surface area contributed by atoms with Crippen LogP contribution in [0.5, 0.6) is 5.75 Å². The second kappa shape index (κ2) is 8.13. The number of amides is 1. The fourth-order valence-electron chi connectivity index (χ4n) is 3.46. The number of aliphatic hydroxyl groups is 1. The van der Waals surface area contributed by atoms with Crippen molar-refractivity contribution in [1.29, 1.82) is 0 Å². The van der Waals surface area contributed by atoms with Crippen LogP contribution in [0.2, 0.25) is 5.02 Å². The molecule has 1 fully saturated rings. The number of hydrogen-bond acceptors (Lipinski definition) is 5. The van der Waals surface area contributed by atoms with Crippen molar-refractivity contribution in [3.05, 3.63) is 86.6 Å². The Morgan fingerprint density at radius 3 is 2.55 bits per heavy atom. The third-order valence-electron chi connectivity index (χ3n) is 4.86. The standard InChI is InChI=1S/C22H14ClF2NO4S/c1-30-16-7-4-11(23)9-13(16)20(27)18-19(17-3-2-8-31-17)26(22(29)21(18)28)12-5-6-14(24)15(25)10-12/h2-10,19,27H,1H3/b20-18-. The fourth-order valence-corrected chi connectivity index (χ4v) is 4.46. The lowest BCUT2D eigenvalue weighted by Crippen LogP contribution is -2.29.